The van der Waals surface area contributed by atoms with Crippen LogP contribution in [0, 0.1) is 6.92 Å². The van der Waals surface area contributed by atoms with Crippen LogP contribution in [-0.4, -0.2) is 75.2 Å². The fraction of sp³-hybridized carbons (Fsp3) is 0.429. The molecule has 0 unspecified atom stereocenters. The van der Waals surface area contributed by atoms with Gasteiger partial charge >= 0.3 is 6.16 Å². The number of aromatic nitrogens is 2. The molecule has 10 heteroatoms. The van der Waals surface area contributed by atoms with E-state index in [9.17, 15) is 20.1 Å². The number of carbonyl (C=O) groups is 1. The molecule has 0 spiro atoms. The Morgan fingerprint density at radius 1 is 0.947 bits per heavy atom. The Bertz CT molecular complexity index is 1200. The van der Waals surface area contributed by atoms with Gasteiger partial charge in [-0.25, -0.2) is 9.48 Å². The lowest BCUT2D eigenvalue weighted by atomic mass is 9.99. The van der Waals surface area contributed by atoms with Gasteiger partial charge in [0.15, 0.2) is 0 Å². The van der Waals surface area contributed by atoms with Gasteiger partial charge in [0.1, 0.15) is 31.0 Å². The smallest absolute Gasteiger partial charge is 0.443 e. The van der Waals surface area contributed by atoms with Crippen molar-refractivity contribution in [3.05, 3.63) is 77.0 Å². The number of nitrogens with zero attached hydrogens (tertiary/aromatic N) is 2. The van der Waals surface area contributed by atoms with Crippen LogP contribution in [0.1, 0.15) is 36.2 Å². The Kier molecular flexibility index (Phi) is 9.01. The number of aliphatic hydroxyl groups is 3. The van der Waals surface area contributed by atoms with E-state index in [2.05, 4.69) is 36.3 Å². The van der Waals surface area contributed by atoms with Gasteiger partial charge in [-0.15, -0.1) is 5.10 Å². The monoisotopic (exact) mass is 526 g/mol. The zero-order valence-electron chi connectivity index (χ0n) is 21.7. The molecule has 0 saturated carbocycles. The highest BCUT2D eigenvalue weighted by molar-refractivity contribution is 5.59. The van der Waals surface area contributed by atoms with Gasteiger partial charge in [-0.3, -0.25) is 0 Å². The molecular weight excluding hydrogens is 492 g/mol. The first kappa shape index (κ1) is 27.6. The highest BCUT2D eigenvalue weighted by Gasteiger charge is 2.46. The molecule has 3 N–H and O–H groups in total. The number of benzene rings is 2. The van der Waals surface area contributed by atoms with Crippen LogP contribution in [0.4, 0.5) is 4.79 Å². The van der Waals surface area contributed by atoms with E-state index in [1.165, 1.54) is 5.56 Å². The third kappa shape index (κ3) is 6.16. The summed E-state index contributed by atoms with van der Waals surface area (Å²) in [6.45, 7) is 5.37. The van der Waals surface area contributed by atoms with Crippen molar-refractivity contribution in [1.82, 2.24) is 9.78 Å². The Morgan fingerprint density at radius 3 is 2.29 bits per heavy atom. The van der Waals surface area contributed by atoms with E-state index >= 15 is 0 Å². The molecule has 0 aliphatic carbocycles. The number of hydrogen-bond donors (Lipinski definition) is 3. The standard InChI is InChI=1S/C28H34N2O8/c1-4-18-11-13-19(14-12-18)15-21-17(3)30(20-9-7-6-8-10-20)29-26(21)38-27-25(33)24(32)23(31)22(37-27)16-36-28(34)35-5-2/h6-14,22-25,27,31-33H,4-5,15-16H2,1-3H3/t22-,23-,24+,25-,27+/m1/s1. The molecule has 38 heavy (non-hydrogen) atoms. The maximum atomic E-state index is 11.6. The minimum atomic E-state index is -1.60. The summed E-state index contributed by atoms with van der Waals surface area (Å²) in [4.78, 5) is 11.6. The van der Waals surface area contributed by atoms with Crippen molar-refractivity contribution in [2.75, 3.05) is 13.2 Å². The number of aliphatic hydroxyl groups excluding tert-OH is 3. The van der Waals surface area contributed by atoms with Crippen LogP contribution in [0.15, 0.2) is 54.6 Å². The van der Waals surface area contributed by atoms with E-state index in [0.717, 1.165) is 28.9 Å². The minimum absolute atomic E-state index is 0.118. The first-order valence-corrected chi connectivity index (χ1v) is 12.7. The average molecular weight is 527 g/mol. The molecule has 10 nitrogen and oxygen atoms in total. The lowest BCUT2D eigenvalue weighted by molar-refractivity contribution is -0.278. The molecular formula is C28H34N2O8. The van der Waals surface area contributed by atoms with E-state index < -0.39 is 43.5 Å². The molecule has 0 bridgehead atoms. The summed E-state index contributed by atoms with van der Waals surface area (Å²) in [5.41, 5.74) is 4.70. The number of aryl methyl sites for hydroxylation is 1. The second kappa shape index (κ2) is 12.4. The van der Waals surface area contributed by atoms with Crippen LogP contribution < -0.4 is 4.74 Å². The Labute approximate surface area is 221 Å². The van der Waals surface area contributed by atoms with Crippen molar-refractivity contribution in [1.29, 1.82) is 0 Å². The largest absolute Gasteiger partial charge is 0.508 e. The van der Waals surface area contributed by atoms with Crippen LogP contribution in [0.25, 0.3) is 5.69 Å². The number of hydrogen-bond acceptors (Lipinski definition) is 9. The molecule has 2 heterocycles. The zero-order valence-corrected chi connectivity index (χ0v) is 21.7. The summed E-state index contributed by atoms with van der Waals surface area (Å²) in [5, 5.41) is 36.2. The normalized spacial score (nSPS) is 23.2. The van der Waals surface area contributed by atoms with Gasteiger partial charge in [-0.2, -0.15) is 0 Å². The minimum Gasteiger partial charge on any atom is -0.443 e. The third-order valence-corrected chi connectivity index (χ3v) is 6.54. The quantitative estimate of drug-likeness (QED) is 0.360. The third-order valence-electron chi connectivity index (χ3n) is 6.54. The summed E-state index contributed by atoms with van der Waals surface area (Å²) in [6, 6.07) is 17.8. The van der Waals surface area contributed by atoms with Crippen LogP contribution in [0.3, 0.4) is 0 Å². The maximum absolute atomic E-state index is 11.6. The van der Waals surface area contributed by atoms with Crippen molar-refractivity contribution in [3.8, 4) is 11.6 Å². The SMILES string of the molecule is CCOC(=O)OC[C@H]1O[C@@H](Oc2nn(-c3ccccc3)c(C)c2Cc2ccc(CC)cc2)[C@H](O)[C@@H](O)[C@@H]1O. The molecule has 0 radical (unpaired) electrons. The van der Waals surface area contributed by atoms with Crippen molar-refractivity contribution < 1.29 is 39.1 Å². The molecule has 2 aromatic carbocycles. The molecule has 4 rings (SSSR count). The molecule has 1 fully saturated rings. The summed E-state index contributed by atoms with van der Waals surface area (Å²) < 4.78 is 23.2. The first-order valence-electron chi connectivity index (χ1n) is 12.7. The second-order valence-corrected chi connectivity index (χ2v) is 9.09. The van der Waals surface area contributed by atoms with Crippen LogP contribution >= 0.6 is 0 Å². The summed E-state index contributed by atoms with van der Waals surface area (Å²) in [5.74, 6) is 0.212. The van der Waals surface area contributed by atoms with Crippen molar-refractivity contribution in [2.24, 2.45) is 0 Å². The highest BCUT2D eigenvalue weighted by Crippen LogP contribution is 2.31. The molecule has 3 aromatic rings. The maximum Gasteiger partial charge on any atom is 0.508 e. The van der Waals surface area contributed by atoms with E-state index in [1.54, 1.807) is 11.6 Å². The second-order valence-electron chi connectivity index (χ2n) is 9.09. The van der Waals surface area contributed by atoms with E-state index in [-0.39, 0.29) is 12.5 Å². The van der Waals surface area contributed by atoms with Gasteiger partial charge in [0.2, 0.25) is 12.2 Å². The Balaban J connectivity index is 1.62. The molecule has 5 atom stereocenters. The van der Waals surface area contributed by atoms with E-state index in [0.29, 0.717) is 6.42 Å². The Hall–Kier alpha value is -3.44. The van der Waals surface area contributed by atoms with Crippen molar-refractivity contribution in [3.63, 3.8) is 0 Å². The van der Waals surface area contributed by atoms with E-state index in [4.69, 9.17) is 18.9 Å². The Morgan fingerprint density at radius 2 is 1.63 bits per heavy atom. The predicted molar refractivity (Wildman–Crippen MR) is 137 cm³/mol. The summed E-state index contributed by atoms with van der Waals surface area (Å²) >= 11 is 0. The van der Waals surface area contributed by atoms with Gasteiger partial charge in [0.25, 0.3) is 0 Å². The molecule has 204 valence electrons. The number of ether oxygens (including phenoxy) is 4. The molecule has 1 aliphatic heterocycles. The van der Waals surface area contributed by atoms with Gasteiger partial charge < -0.3 is 34.3 Å². The molecule has 1 aromatic heterocycles. The van der Waals surface area contributed by atoms with Crippen molar-refractivity contribution in [2.45, 2.75) is 64.3 Å². The number of rotatable bonds is 9. The van der Waals surface area contributed by atoms with Gasteiger partial charge in [0.05, 0.1) is 12.3 Å². The van der Waals surface area contributed by atoms with Crippen LogP contribution in [-0.2, 0) is 27.1 Å². The molecule has 1 aliphatic rings. The lowest BCUT2D eigenvalue weighted by Crippen LogP contribution is -2.60. The predicted octanol–water partition coefficient (Wildman–Crippen LogP) is 2.69. The fourth-order valence-corrected chi connectivity index (χ4v) is 4.30. The number of para-hydroxylation sites is 1. The average Bonchev–Trinajstić information content (AvgIpc) is 3.23. The summed E-state index contributed by atoms with van der Waals surface area (Å²) in [6.07, 6.45) is -6.74. The molecule has 1 saturated heterocycles. The fourth-order valence-electron chi connectivity index (χ4n) is 4.30. The first-order chi connectivity index (χ1) is 18.3. The van der Waals surface area contributed by atoms with Crippen LogP contribution in [0.2, 0.25) is 0 Å². The topological polar surface area (TPSA) is 132 Å². The van der Waals surface area contributed by atoms with Crippen molar-refractivity contribution >= 4 is 6.16 Å². The zero-order chi connectivity index (χ0) is 27.2. The lowest BCUT2D eigenvalue weighted by Gasteiger charge is -2.39. The highest BCUT2D eigenvalue weighted by atomic mass is 16.7. The molecule has 0 amide bonds. The van der Waals surface area contributed by atoms with Gasteiger partial charge in [0, 0.05) is 17.7 Å². The van der Waals surface area contributed by atoms with Crippen LogP contribution in [0.5, 0.6) is 5.88 Å². The number of carbonyl (C=O) groups excluding carboxylic acids is 1. The van der Waals surface area contributed by atoms with E-state index in [1.807, 2.05) is 37.3 Å². The van der Waals surface area contributed by atoms with Gasteiger partial charge in [-0.05, 0) is 43.5 Å². The van der Waals surface area contributed by atoms with Gasteiger partial charge in [-0.1, -0.05) is 49.4 Å². The summed E-state index contributed by atoms with van der Waals surface area (Å²) in [7, 11) is 0.